The number of amides is 2. The standard InChI is InChI=1S/C26H33N3O4/c1-27(2)26(21-7-5-4-6-8-21)15-13-25(14-16-26)19-28(24(32)29(25)18-23(30)31)17-20-9-11-22(33-3)12-10-20/h4-12H,13-19H2,1-3H3,(H,30,31)/t25-,26-. The number of carboxylic acid groups (broad SMARTS) is 1. The average molecular weight is 452 g/mol. The number of carbonyl (C=O) groups is 2. The molecule has 1 aliphatic carbocycles. The number of aliphatic carboxylic acids is 1. The minimum absolute atomic E-state index is 0.117. The molecule has 0 radical (unpaired) electrons. The summed E-state index contributed by atoms with van der Waals surface area (Å²) in [6.45, 7) is 0.736. The molecule has 1 saturated heterocycles. The Bertz CT molecular complexity index is 982. The molecule has 2 amide bonds. The summed E-state index contributed by atoms with van der Waals surface area (Å²) in [5.41, 5.74) is 1.69. The van der Waals surface area contributed by atoms with Crippen LogP contribution in [-0.2, 0) is 16.9 Å². The summed E-state index contributed by atoms with van der Waals surface area (Å²) in [5.74, 6) is -0.204. The second-order valence-electron chi connectivity index (χ2n) is 9.48. The fourth-order valence-corrected chi connectivity index (χ4v) is 5.63. The lowest BCUT2D eigenvalue weighted by Gasteiger charge is -2.50. The lowest BCUT2D eigenvalue weighted by atomic mass is 9.68. The van der Waals surface area contributed by atoms with Gasteiger partial charge in [-0.05, 0) is 63.0 Å². The third-order valence-corrected chi connectivity index (χ3v) is 7.56. The van der Waals surface area contributed by atoms with Crippen molar-refractivity contribution in [2.75, 3.05) is 34.3 Å². The van der Waals surface area contributed by atoms with E-state index in [1.807, 2.05) is 30.3 Å². The lowest BCUT2D eigenvalue weighted by molar-refractivity contribution is -0.139. The first-order valence-electron chi connectivity index (χ1n) is 11.4. The Morgan fingerprint density at radius 2 is 1.67 bits per heavy atom. The Labute approximate surface area is 195 Å². The van der Waals surface area contributed by atoms with Gasteiger partial charge in [0.25, 0.3) is 0 Å². The Morgan fingerprint density at radius 1 is 1.03 bits per heavy atom. The van der Waals surface area contributed by atoms with Crippen LogP contribution in [0.3, 0.4) is 0 Å². The molecule has 2 aromatic rings. The summed E-state index contributed by atoms with van der Waals surface area (Å²) in [6.07, 6.45) is 3.25. The van der Waals surface area contributed by atoms with Gasteiger partial charge in [-0.3, -0.25) is 9.69 Å². The highest BCUT2D eigenvalue weighted by molar-refractivity contribution is 5.83. The van der Waals surface area contributed by atoms with Gasteiger partial charge in [-0.15, -0.1) is 0 Å². The van der Waals surface area contributed by atoms with Gasteiger partial charge in [-0.1, -0.05) is 42.5 Å². The van der Waals surface area contributed by atoms with Crippen LogP contribution in [0.15, 0.2) is 54.6 Å². The van der Waals surface area contributed by atoms with Gasteiger partial charge in [0.1, 0.15) is 12.3 Å². The maximum atomic E-state index is 13.4. The highest BCUT2D eigenvalue weighted by Crippen LogP contribution is 2.49. The summed E-state index contributed by atoms with van der Waals surface area (Å²) >= 11 is 0. The number of carbonyl (C=O) groups excluding carboxylic acids is 1. The molecular formula is C26H33N3O4. The van der Waals surface area contributed by atoms with E-state index in [0.717, 1.165) is 37.0 Å². The second kappa shape index (κ2) is 9.06. The van der Waals surface area contributed by atoms with Crippen LogP contribution >= 0.6 is 0 Å². The maximum Gasteiger partial charge on any atom is 0.323 e. The molecule has 1 saturated carbocycles. The molecule has 2 aliphatic rings. The van der Waals surface area contributed by atoms with Crippen LogP contribution in [0.2, 0.25) is 0 Å². The number of ether oxygens (including phenoxy) is 1. The molecule has 0 atom stereocenters. The van der Waals surface area contributed by atoms with Crippen molar-refractivity contribution in [1.29, 1.82) is 0 Å². The van der Waals surface area contributed by atoms with E-state index < -0.39 is 11.5 Å². The van der Waals surface area contributed by atoms with Crippen LogP contribution in [0.1, 0.15) is 36.8 Å². The topological polar surface area (TPSA) is 73.3 Å². The minimum atomic E-state index is -0.971. The Morgan fingerprint density at radius 3 is 2.21 bits per heavy atom. The molecule has 2 fully saturated rings. The SMILES string of the molecule is COc1ccc(CN2C[C@]3(CC[C@@](c4ccccc4)(N(C)C)CC3)N(CC(=O)O)C2=O)cc1. The zero-order valence-corrected chi connectivity index (χ0v) is 19.7. The van der Waals surface area contributed by atoms with Crippen LogP contribution in [0.5, 0.6) is 5.75 Å². The molecule has 1 spiro atoms. The van der Waals surface area contributed by atoms with Gasteiger partial charge < -0.3 is 19.6 Å². The summed E-state index contributed by atoms with van der Waals surface area (Å²) in [4.78, 5) is 30.7. The van der Waals surface area contributed by atoms with Gasteiger partial charge in [-0.2, -0.15) is 0 Å². The Kier molecular flexibility index (Phi) is 6.34. The zero-order chi connectivity index (χ0) is 23.6. The van der Waals surface area contributed by atoms with Crippen molar-refractivity contribution < 1.29 is 19.4 Å². The van der Waals surface area contributed by atoms with E-state index in [4.69, 9.17) is 4.74 Å². The van der Waals surface area contributed by atoms with Crippen LogP contribution in [0, 0.1) is 0 Å². The third kappa shape index (κ3) is 4.29. The van der Waals surface area contributed by atoms with E-state index in [9.17, 15) is 14.7 Å². The molecule has 4 rings (SSSR count). The van der Waals surface area contributed by atoms with Crippen LogP contribution < -0.4 is 4.74 Å². The first-order valence-corrected chi connectivity index (χ1v) is 11.4. The predicted octanol–water partition coefficient (Wildman–Crippen LogP) is 3.79. The summed E-state index contributed by atoms with van der Waals surface area (Å²) in [7, 11) is 5.84. The molecule has 1 aliphatic heterocycles. The molecule has 0 bridgehead atoms. The minimum Gasteiger partial charge on any atom is -0.497 e. The number of carboxylic acids is 1. The van der Waals surface area contributed by atoms with Gasteiger partial charge >= 0.3 is 12.0 Å². The van der Waals surface area contributed by atoms with E-state index >= 15 is 0 Å². The number of methoxy groups -OCH3 is 1. The highest BCUT2D eigenvalue weighted by atomic mass is 16.5. The lowest BCUT2D eigenvalue weighted by Crippen LogP contribution is -2.56. The number of hydrogen-bond donors (Lipinski definition) is 1. The van der Waals surface area contributed by atoms with Crippen molar-refractivity contribution in [3.63, 3.8) is 0 Å². The summed E-state index contributed by atoms with van der Waals surface area (Å²) in [6, 6.07) is 18.0. The van der Waals surface area contributed by atoms with Crippen molar-refractivity contribution in [2.45, 2.75) is 43.3 Å². The second-order valence-corrected chi connectivity index (χ2v) is 9.48. The number of hydrogen-bond acceptors (Lipinski definition) is 4. The number of rotatable bonds is 7. The van der Waals surface area contributed by atoms with Gasteiger partial charge in [0.15, 0.2) is 0 Å². The molecule has 0 aromatic heterocycles. The molecule has 1 heterocycles. The number of nitrogens with zero attached hydrogens (tertiary/aromatic N) is 3. The van der Waals surface area contributed by atoms with Gasteiger partial charge in [0.05, 0.1) is 12.6 Å². The molecule has 2 aromatic carbocycles. The predicted molar refractivity (Wildman–Crippen MR) is 126 cm³/mol. The largest absolute Gasteiger partial charge is 0.497 e. The van der Waals surface area contributed by atoms with Crippen LogP contribution in [-0.4, -0.2) is 71.6 Å². The highest BCUT2D eigenvalue weighted by Gasteiger charge is 2.54. The Hall–Kier alpha value is -3.06. The molecule has 0 unspecified atom stereocenters. The van der Waals surface area contributed by atoms with Gasteiger partial charge in [0.2, 0.25) is 0 Å². The number of benzene rings is 2. The van der Waals surface area contributed by atoms with E-state index in [0.29, 0.717) is 13.1 Å². The molecule has 176 valence electrons. The maximum absolute atomic E-state index is 13.4. The summed E-state index contributed by atoms with van der Waals surface area (Å²) < 4.78 is 5.23. The van der Waals surface area contributed by atoms with Crippen LogP contribution in [0.25, 0.3) is 0 Å². The smallest absolute Gasteiger partial charge is 0.323 e. The van der Waals surface area contributed by atoms with Crippen molar-refractivity contribution in [3.05, 3.63) is 65.7 Å². The van der Waals surface area contributed by atoms with Crippen molar-refractivity contribution in [2.24, 2.45) is 0 Å². The molecule has 7 nitrogen and oxygen atoms in total. The molecule has 7 heteroatoms. The zero-order valence-electron chi connectivity index (χ0n) is 19.7. The van der Waals surface area contributed by atoms with Crippen molar-refractivity contribution >= 4 is 12.0 Å². The Balaban J connectivity index is 1.58. The summed E-state index contributed by atoms with van der Waals surface area (Å²) in [5, 5.41) is 9.57. The first-order chi connectivity index (χ1) is 15.8. The van der Waals surface area contributed by atoms with Crippen LogP contribution in [0.4, 0.5) is 4.79 Å². The van der Waals surface area contributed by atoms with Crippen molar-refractivity contribution in [3.8, 4) is 5.75 Å². The van der Waals surface area contributed by atoms with E-state index in [1.54, 1.807) is 16.9 Å². The third-order valence-electron chi connectivity index (χ3n) is 7.56. The molecular weight excluding hydrogens is 418 g/mol. The van der Waals surface area contributed by atoms with Crippen molar-refractivity contribution in [1.82, 2.24) is 14.7 Å². The fraction of sp³-hybridized carbons (Fsp3) is 0.462. The normalized spacial score (nSPS) is 25.2. The van der Waals surface area contributed by atoms with E-state index in [-0.39, 0.29) is 18.1 Å². The monoisotopic (exact) mass is 451 g/mol. The van der Waals surface area contributed by atoms with Gasteiger partial charge in [-0.25, -0.2) is 4.79 Å². The van der Waals surface area contributed by atoms with E-state index in [2.05, 4.69) is 43.3 Å². The average Bonchev–Trinajstić information content (AvgIpc) is 3.05. The van der Waals surface area contributed by atoms with E-state index in [1.165, 1.54) is 5.56 Å². The number of urea groups is 1. The molecule has 33 heavy (non-hydrogen) atoms. The quantitative estimate of drug-likeness (QED) is 0.694. The fourth-order valence-electron chi connectivity index (χ4n) is 5.63. The van der Waals surface area contributed by atoms with Gasteiger partial charge in [0, 0.05) is 18.6 Å². The molecule has 1 N–H and O–H groups in total. The first kappa shape index (κ1) is 23.1.